The van der Waals surface area contributed by atoms with Gasteiger partial charge in [-0.05, 0) is 23.6 Å². The summed E-state index contributed by atoms with van der Waals surface area (Å²) in [5.41, 5.74) is 0.829. The first-order valence-corrected chi connectivity index (χ1v) is 6.19. The van der Waals surface area contributed by atoms with Crippen LogP contribution in [-0.2, 0) is 16.0 Å². The monoisotopic (exact) mass is 251 g/mol. The van der Waals surface area contributed by atoms with Crippen LogP contribution in [0.15, 0.2) is 24.3 Å². The van der Waals surface area contributed by atoms with Crippen molar-refractivity contribution in [2.45, 2.75) is 26.3 Å². The summed E-state index contributed by atoms with van der Waals surface area (Å²) >= 11 is 0. The van der Waals surface area contributed by atoms with Crippen LogP contribution in [-0.4, -0.2) is 30.2 Å². The van der Waals surface area contributed by atoms with Crippen LogP contribution in [0.1, 0.15) is 19.4 Å². The van der Waals surface area contributed by atoms with Crippen molar-refractivity contribution in [2.75, 3.05) is 13.3 Å². The van der Waals surface area contributed by atoms with E-state index >= 15 is 0 Å². The average molecular weight is 251 g/mol. The van der Waals surface area contributed by atoms with Gasteiger partial charge in [0.05, 0.1) is 19.1 Å². The summed E-state index contributed by atoms with van der Waals surface area (Å²) in [6.45, 7) is 5.13. The largest absolute Gasteiger partial charge is 0.359 e. The highest BCUT2D eigenvalue weighted by molar-refractivity contribution is 5.79. The van der Waals surface area contributed by atoms with E-state index in [0.717, 1.165) is 5.56 Å². The van der Waals surface area contributed by atoms with Crippen LogP contribution in [0.4, 0.5) is 4.39 Å². The highest BCUT2D eigenvalue weighted by atomic mass is 19.1. The van der Waals surface area contributed by atoms with Gasteiger partial charge >= 0.3 is 0 Å². The minimum absolute atomic E-state index is 0.0396. The molecule has 0 N–H and O–H groups in total. The van der Waals surface area contributed by atoms with E-state index in [2.05, 4.69) is 13.8 Å². The van der Waals surface area contributed by atoms with Crippen molar-refractivity contribution >= 4 is 5.91 Å². The molecule has 0 radical (unpaired) electrons. The number of benzene rings is 1. The Hall–Kier alpha value is -1.42. The Balaban J connectivity index is 2.01. The van der Waals surface area contributed by atoms with Crippen LogP contribution < -0.4 is 0 Å². The molecule has 3 nitrogen and oxygen atoms in total. The molecule has 4 heteroatoms. The summed E-state index contributed by atoms with van der Waals surface area (Å²) in [6, 6.07) is 6.20. The quantitative estimate of drug-likeness (QED) is 0.824. The predicted molar refractivity (Wildman–Crippen MR) is 66.4 cm³/mol. The molecule has 1 atom stereocenters. The highest BCUT2D eigenvalue weighted by Crippen LogP contribution is 2.19. The number of rotatable bonds is 3. The van der Waals surface area contributed by atoms with Gasteiger partial charge in [-0.15, -0.1) is 0 Å². The lowest BCUT2D eigenvalue weighted by Gasteiger charge is -2.25. The van der Waals surface area contributed by atoms with Crippen LogP contribution in [0.5, 0.6) is 0 Å². The summed E-state index contributed by atoms with van der Waals surface area (Å²) < 4.78 is 18.1. The van der Waals surface area contributed by atoms with Gasteiger partial charge in [0, 0.05) is 0 Å². The molecule has 1 fully saturated rings. The molecule has 0 saturated carbocycles. The van der Waals surface area contributed by atoms with Gasteiger partial charge in [-0.1, -0.05) is 26.0 Å². The first-order chi connectivity index (χ1) is 8.58. The Bertz CT molecular complexity index is 416. The number of carbonyl (C=O) groups is 1. The van der Waals surface area contributed by atoms with E-state index < -0.39 is 0 Å². The van der Waals surface area contributed by atoms with Crippen molar-refractivity contribution in [2.24, 2.45) is 5.92 Å². The fourth-order valence-electron chi connectivity index (χ4n) is 2.15. The van der Waals surface area contributed by atoms with E-state index in [1.165, 1.54) is 12.1 Å². The number of nitrogens with zero attached hydrogens (tertiary/aromatic N) is 1. The van der Waals surface area contributed by atoms with Crippen molar-refractivity contribution in [1.29, 1.82) is 0 Å². The van der Waals surface area contributed by atoms with Gasteiger partial charge in [0.15, 0.2) is 0 Å². The first-order valence-electron chi connectivity index (χ1n) is 6.19. The van der Waals surface area contributed by atoms with Crippen LogP contribution in [0.25, 0.3) is 0 Å². The van der Waals surface area contributed by atoms with Gasteiger partial charge in [-0.2, -0.15) is 0 Å². The second-order valence-electron chi connectivity index (χ2n) is 4.98. The number of ether oxygens (including phenoxy) is 1. The third-order valence-corrected chi connectivity index (χ3v) is 3.28. The number of amides is 1. The number of hydrogen-bond donors (Lipinski definition) is 0. The van der Waals surface area contributed by atoms with Gasteiger partial charge in [0.2, 0.25) is 5.91 Å². The molecule has 1 aliphatic heterocycles. The maximum Gasteiger partial charge on any atom is 0.229 e. The van der Waals surface area contributed by atoms with Gasteiger partial charge in [0.25, 0.3) is 0 Å². The van der Waals surface area contributed by atoms with E-state index in [1.807, 2.05) is 0 Å². The van der Waals surface area contributed by atoms with Crippen molar-refractivity contribution in [1.82, 2.24) is 4.90 Å². The van der Waals surface area contributed by atoms with E-state index in [9.17, 15) is 9.18 Å². The number of carbonyl (C=O) groups excluding carboxylic acids is 1. The van der Waals surface area contributed by atoms with Crippen LogP contribution >= 0.6 is 0 Å². The molecule has 2 rings (SSSR count). The zero-order valence-electron chi connectivity index (χ0n) is 10.7. The SMILES string of the molecule is CC(C)[C@H]1COCN1C(=O)Cc1ccc(F)cc1. The standard InChI is InChI=1S/C14H18FNO2/c1-10(2)13-8-18-9-16(13)14(17)7-11-3-5-12(15)6-4-11/h3-6,10,13H,7-9H2,1-2H3/t13-/m1/s1. The molecule has 1 aromatic rings. The molecule has 0 bridgehead atoms. The zero-order chi connectivity index (χ0) is 13.1. The third-order valence-electron chi connectivity index (χ3n) is 3.28. The molecular weight excluding hydrogens is 233 g/mol. The van der Waals surface area contributed by atoms with Gasteiger partial charge in [-0.3, -0.25) is 4.79 Å². The molecular formula is C14H18FNO2. The fourth-order valence-corrected chi connectivity index (χ4v) is 2.15. The molecule has 98 valence electrons. The smallest absolute Gasteiger partial charge is 0.229 e. The van der Waals surface area contributed by atoms with Gasteiger partial charge < -0.3 is 9.64 Å². The number of hydrogen-bond acceptors (Lipinski definition) is 2. The summed E-state index contributed by atoms with van der Waals surface area (Å²) in [4.78, 5) is 13.9. The lowest BCUT2D eigenvalue weighted by atomic mass is 10.0. The Morgan fingerprint density at radius 1 is 1.44 bits per heavy atom. The van der Waals surface area contributed by atoms with Gasteiger partial charge in [-0.25, -0.2) is 4.39 Å². The second-order valence-corrected chi connectivity index (χ2v) is 4.98. The zero-order valence-corrected chi connectivity index (χ0v) is 10.7. The van der Waals surface area contributed by atoms with Gasteiger partial charge in [0.1, 0.15) is 12.5 Å². The topological polar surface area (TPSA) is 29.5 Å². The van der Waals surface area contributed by atoms with Crippen LogP contribution in [0, 0.1) is 11.7 Å². The predicted octanol–water partition coefficient (Wildman–Crippen LogP) is 2.21. The van der Waals surface area contributed by atoms with E-state index in [-0.39, 0.29) is 17.8 Å². The molecule has 1 aliphatic rings. The molecule has 18 heavy (non-hydrogen) atoms. The Morgan fingerprint density at radius 2 is 2.11 bits per heavy atom. The summed E-state index contributed by atoms with van der Waals surface area (Å²) in [5, 5.41) is 0. The maximum atomic E-state index is 12.8. The lowest BCUT2D eigenvalue weighted by Crippen LogP contribution is -2.40. The molecule has 1 saturated heterocycles. The van der Waals surface area contributed by atoms with Crippen molar-refractivity contribution in [3.8, 4) is 0 Å². The maximum absolute atomic E-state index is 12.8. The first kappa shape index (κ1) is 13.0. The Labute approximate surface area is 107 Å². The second kappa shape index (κ2) is 5.48. The molecule has 1 aromatic carbocycles. The Kier molecular flexibility index (Phi) is 3.97. The minimum Gasteiger partial charge on any atom is -0.359 e. The lowest BCUT2D eigenvalue weighted by molar-refractivity contribution is -0.133. The fraction of sp³-hybridized carbons (Fsp3) is 0.500. The van der Waals surface area contributed by atoms with Crippen LogP contribution in [0.3, 0.4) is 0 Å². The third kappa shape index (κ3) is 2.88. The normalized spacial score (nSPS) is 19.6. The highest BCUT2D eigenvalue weighted by Gasteiger charge is 2.31. The molecule has 1 heterocycles. The summed E-state index contributed by atoms with van der Waals surface area (Å²) in [7, 11) is 0. The Morgan fingerprint density at radius 3 is 2.72 bits per heavy atom. The average Bonchev–Trinajstić information content (AvgIpc) is 2.81. The molecule has 1 amide bonds. The van der Waals surface area contributed by atoms with E-state index in [0.29, 0.717) is 25.7 Å². The van der Waals surface area contributed by atoms with E-state index in [4.69, 9.17) is 4.74 Å². The van der Waals surface area contributed by atoms with Crippen molar-refractivity contribution in [3.63, 3.8) is 0 Å². The minimum atomic E-state index is -0.282. The van der Waals surface area contributed by atoms with E-state index in [1.54, 1.807) is 17.0 Å². The van der Waals surface area contributed by atoms with Crippen molar-refractivity contribution < 1.29 is 13.9 Å². The molecule has 0 spiro atoms. The molecule has 0 unspecified atom stereocenters. The van der Waals surface area contributed by atoms with Crippen LogP contribution in [0.2, 0.25) is 0 Å². The molecule has 0 aliphatic carbocycles. The van der Waals surface area contributed by atoms with Crippen molar-refractivity contribution in [3.05, 3.63) is 35.6 Å². The summed E-state index contributed by atoms with van der Waals surface area (Å²) in [6.07, 6.45) is 0.298. The molecule has 0 aromatic heterocycles. The summed E-state index contributed by atoms with van der Waals surface area (Å²) in [5.74, 6) is 0.137. The number of halogens is 1.